The van der Waals surface area contributed by atoms with Gasteiger partial charge in [0.15, 0.2) is 5.96 Å². The highest BCUT2D eigenvalue weighted by Crippen LogP contribution is 2.31. The Morgan fingerprint density at radius 3 is 2.33 bits per heavy atom. The molecular weight excluding hydrogens is 506 g/mol. The Balaban J connectivity index is 0.00000450. The van der Waals surface area contributed by atoms with Gasteiger partial charge in [-0.05, 0) is 30.5 Å². The van der Waals surface area contributed by atoms with Crippen LogP contribution >= 0.6 is 24.0 Å². The minimum atomic E-state index is -4.30. The average Bonchev–Trinajstić information content (AvgIpc) is 2.72. The zero-order valence-electron chi connectivity index (χ0n) is 18.1. The van der Waals surface area contributed by atoms with Gasteiger partial charge in [0, 0.05) is 52.9 Å². The van der Waals surface area contributed by atoms with E-state index in [1.807, 2.05) is 6.92 Å². The van der Waals surface area contributed by atoms with Crippen molar-refractivity contribution in [1.29, 1.82) is 0 Å². The molecule has 9 heteroatoms. The van der Waals surface area contributed by atoms with Gasteiger partial charge in [-0.1, -0.05) is 32.0 Å². The number of nitrogens with one attached hydrogen (secondary N) is 2. The number of guanidine groups is 1. The summed E-state index contributed by atoms with van der Waals surface area (Å²) in [6.45, 7) is 12.1. The maximum atomic E-state index is 12.9. The first kappa shape index (κ1) is 27.0. The van der Waals surface area contributed by atoms with E-state index in [4.69, 9.17) is 0 Å². The van der Waals surface area contributed by atoms with Crippen molar-refractivity contribution in [3.05, 3.63) is 35.4 Å². The fourth-order valence-electron chi connectivity index (χ4n) is 3.48. The van der Waals surface area contributed by atoms with Gasteiger partial charge in [0.25, 0.3) is 0 Å². The molecule has 1 aromatic carbocycles. The molecule has 2 N–H and O–H groups in total. The summed E-state index contributed by atoms with van der Waals surface area (Å²) in [6.07, 6.45) is -3.58. The van der Waals surface area contributed by atoms with Crippen LogP contribution in [-0.4, -0.2) is 75.2 Å². The van der Waals surface area contributed by atoms with E-state index in [1.54, 1.807) is 13.1 Å². The summed E-state index contributed by atoms with van der Waals surface area (Å²) in [5, 5.41) is 6.58. The summed E-state index contributed by atoms with van der Waals surface area (Å²) in [4.78, 5) is 9.13. The highest BCUT2D eigenvalue weighted by atomic mass is 127. The number of alkyl halides is 3. The summed E-state index contributed by atoms with van der Waals surface area (Å²) in [5.74, 6) is 0.756. The number of piperazine rings is 1. The fourth-order valence-corrected chi connectivity index (χ4v) is 3.48. The molecule has 0 spiro atoms. The Hall–Kier alpha value is -1.07. The molecule has 0 aromatic heterocycles. The Kier molecular flexibility index (Phi) is 12.0. The first-order chi connectivity index (χ1) is 13.8. The molecule has 1 atom stereocenters. The summed E-state index contributed by atoms with van der Waals surface area (Å²) in [5.41, 5.74) is 0.114. The number of nitrogens with zero attached hydrogens (tertiary/aromatic N) is 3. The van der Waals surface area contributed by atoms with Gasteiger partial charge in [0.05, 0.1) is 5.56 Å². The second-order valence-electron chi connectivity index (χ2n) is 7.51. The minimum absolute atomic E-state index is 0. The lowest BCUT2D eigenvalue weighted by molar-refractivity contribution is -0.137. The first-order valence-electron chi connectivity index (χ1n) is 10.4. The van der Waals surface area contributed by atoms with Gasteiger partial charge in [-0.3, -0.25) is 9.89 Å². The molecule has 1 heterocycles. The standard InChI is InChI=1S/C21H34F3N5.HI/c1-4-28-12-14-29(15-13-28)11-10-27-20(25-3)26-9-8-17(2)18-6-5-7-19(16-18)21(22,23)24;/h5-7,16-17H,4,8-15H2,1-3H3,(H2,25,26,27);1H. The highest BCUT2D eigenvalue weighted by Gasteiger charge is 2.30. The van der Waals surface area contributed by atoms with Gasteiger partial charge in [-0.15, -0.1) is 24.0 Å². The molecule has 0 amide bonds. The molecule has 1 unspecified atom stereocenters. The summed E-state index contributed by atoms with van der Waals surface area (Å²) < 4.78 is 38.6. The molecule has 1 aliphatic rings. The van der Waals surface area contributed by atoms with Gasteiger partial charge in [-0.25, -0.2) is 0 Å². The van der Waals surface area contributed by atoms with E-state index in [-0.39, 0.29) is 29.9 Å². The van der Waals surface area contributed by atoms with E-state index in [1.165, 1.54) is 12.1 Å². The number of likely N-dealkylation sites (N-methyl/N-ethyl adjacent to an activating group) is 1. The van der Waals surface area contributed by atoms with Crippen LogP contribution in [0.25, 0.3) is 0 Å². The third-order valence-electron chi connectivity index (χ3n) is 5.51. The van der Waals surface area contributed by atoms with Crippen molar-refractivity contribution in [1.82, 2.24) is 20.4 Å². The number of hydrogen-bond donors (Lipinski definition) is 2. The van der Waals surface area contributed by atoms with Crippen LogP contribution in [0.5, 0.6) is 0 Å². The minimum Gasteiger partial charge on any atom is -0.356 e. The van der Waals surface area contributed by atoms with Crippen LogP contribution < -0.4 is 10.6 Å². The van der Waals surface area contributed by atoms with Crippen molar-refractivity contribution in [2.45, 2.75) is 32.4 Å². The molecule has 2 rings (SSSR count). The smallest absolute Gasteiger partial charge is 0.356 e. The van der Waals surface area contributed by atoms with Crippen LogP contribution in [0, 0.1) is 0 Å². The number of halogens is 4. The third kappa shape index (κ3) is 8.97. The molecule has 0 saturated carbocycles. The highest BCUT2D eigenvalue weighted by molar-refractivity contribution is 14.0. The molecular formula is C21H35F3IN5. The summed E-state index contributed by atoms with van der Waals surface area (Å²) >= 11 is 0. The lowest BCUT2D eigenvalue weighted by Crippen LogP contribution is -2.49. The Bertz CT molecular complexity index is 646. The van der Waals surface area contributed by atoms with Gasteiger partial charge in [-0.2, -0.15) is 13.2 Å². The molecule has 30 heavy (non-hydrogen) atoms. The van der Waals surface area contributed by atoms with Crippen LogP contribution in [-0.2, 0) is 6.18 Å². The summed E-state index contributed by atoms with van der Waals surface area (Å²) in [6, 6.07) is 5.59. The number of aliphatic imine (C=N–C) groups is 1. The number of hydrogen-bond acceptors (Lipinski definition) is 3. The second-order valence-corrected chi connectivity index (χ2v) is 7.51. The molecule has 1 fully saturated rings. The van der Waals surface area contributed by atoms with E-state index < -0.39 is 11.7 Å². The van der Waals surface area contributed by atoms with Crippen molar-refractivity contribution in [2.75, 3.05) is 59.4 Å². The van der Waals surface area contributed by atoms with Crippen molar-refractivity contribution < 1.29 is 13.2 Å². The first-order valence-corrected chi connectivity index (χ1v) is 10.4. The molecule has 0 aliphatic carbocycles. The molecule has 5 nitrogen and oxygen atoms in total. The van der Waals surface area contributed by atoms with Gasteiger partial charge in [0.1, 0.15) is 0 Å². The molecule has 1 aromatic rings. The van der Waals surface area contributed by atoms with Crippen LogP contribution in [0.4, 0.5) is 13.2 Å². The average molecular weight is 541 g/mol. The van der Waals surface area contributed by atoms with Crippen LogP contribution in [0.3, 0.4) is 0 Å². The molecule has 172 valence electrons. The number of rotatable bonds is 8. The van der Waals surface area contributed by atoms with Crippen LogP contribution in [0.1, 0.15) is 37.3 Å². The van der Waals surface area contributed by atoms with Crippen LogP contribution in [0.15, 0.2) is 29.3 Å². The van der Waals surface area contributed by atoms with E-state index >= 15 is 0 Å². The quantitative estimate of drug-likeness (QED) is 0.300. The topological polar surface area (TPSA) is 42.9 Å². The maximum Gasteiger partial charge on any atom is 0.416 e. The largest absolute Gasteiger partial charge is 0.416 e. The molecule has 1 saturated heterocycles. The number of benzene rings is 1. The van der Waals surface area contributed by atoms with Gasteiger partial charge in [0.2, 0.25) is 0 Å². The normalized spacial score (nSPS) is 17.3. The van der Waals surface area contributed by atoms with Crippen molar-refractivity contribution in [3.63, 3.8) is 0 Å². The van der Waals surface area contributed by atoms with Gasteiger partial charge >= 0.3 is 6.18 Å². The van der Waals surface area contributed by atoms with Crippen molar-refractivity contribution in [2.24, 2.45) is 4.99 Å². The third-order valence-corrected chi connectivity index (χ3v) is 5.51. The Morgan fingerprint density at radius 2 is 1.73 bits per heavy atom. The molecule has 0 bridgehead atoms. The molecule has 1 aliphatic heterocycles. The summed E-state index contributed by atoms with van der Waals surface area (Å²) in [7, 11) is 1.73. The second kappa shape index (κ2) is 13.4. The SMILES string of the molecule is CCN1CCN(CCNC(=NC)NCCC(C)c2cccc(C(F)(F)F)c2)CC1.I. The maximum absolute atomic E-state index is 12.9. The predicted octanol–water partition coefficient (Wildman–Crippen LogP) is 3.62. The lowest BCUT2D eigenvalue weighted by Gasteiger charge is -2.34. The van der Waals surface area contributed by atoms with Crippen molar-refractivity contribution >= 4 is 29.9 Å². The van der Waals surface area contributed by atoms with Crippen molar-refractivity contribution in [3.8, 4) is 0 Å². The van der Waals surface area contributed by atoms with Crippen LogP contribution in [0.2, 0.25) is 0 Å². The Morgan fingerprint density at radius 1 is 1.10 bits per heavy atom. The fraction of sp³-hybridized carbons (Fsp3) is 0.667. The van der Waals surface area contributed by atoms with E-state index in [9.17, 15) is 13.2 Å². The molecule has 0 radical (unpaired) electrons. The van der Waals surface area contributed by atoms with Gasteiger partial charge < -0.3 is 15.5 Å². The predicted molar refractivity (Wildman–Crippen MR) is 128 cm³/mol. The monoisotopic (exact) mass is 541 g/mol. The van der Waals surface area contributed by atoms with E-state index in [0.717, 1.165) is 64.3 Å². The zero-order valence-corrected chi connectivity index (χ0v) is 20.5. The zero-order chi connectivity index (χ0) is 21.3. The van der Waals surface area contributed by atoms with E-state index in [0.29, 0.717) is 12.1 Å². The Labute approximate surface area is 195 Å². The van der Waals surface area contributed by atoms with E-state index in [2.05, 4.69) is 32.3 Å². The lowest BCUT2D eigenvalue weighted by atomic mass is 9.96.